The zero-order valence-electron chi connectivity index (χ0n) is 14.2. The first-order valence-electron chi connectivity index (χ1n) is 7.90. The highest BCUT2D eigenvalue weighted by Crippen LogP contribution is 2.30. The summed E-state index contributed by atoms with van der Waals surface area (Å²) in [5.41, 5.74) is -0.404. The van der Waals surface area contributed by atoms with Gasteiger partial charge in [0.15, 0.2) is 0 Å². The van der Waals surface area contributed by atoms with E-state index in [0.717, 1.165) is 16.4 Å². The number of carboxylic acid groups (broad SMARTS) is 2. The molecule has 0 aliphatic rings. The molecule has 0 aliphatic heterocycles. The van der Waals surface area contributed by atoms with Crippen molar-refractivity contribution in [3.05, 3.63) is 71.3 Å². The van der Waals surface area contributed by atoms with Gasteiger partial charge < -0.3 is 20.2 Å². The number of hydrogen-bond acceptors (Lipinski definition) is 4. The van der Waals surface area contributed by atoms with Gasteiger partial charge in [0.1, 0.15) is 5.75 Å². The Morgan fingerprint density at radius 2 is 1.44 bits per heavy atom. The van der Waals surface area contributed by atoms with Crippen molar-refractivity contribution in [1.82, 2.24) is 0 Å². The topological polar surface area (TPSA) is 115 Å². The van der Waals surface area contributed by atoms with Gasteiger partial charge in [-0.2, -0.15) is 0 Å². The first-order chi connectivity index (χ1) is 12.8. The smallest absolute Gasteiger partial charge is 0.335 e. The number of rotatable bonds is 4. The van der Waals surface area contributed by atoms with Crippen LogP contribution in [0.15, 0.2) is 54.6 Å². The Bertz CT molecular complexity index is 1060. The molecule has 0 bridgehead atoms. The van der Waals surface area contributed by atoms with Crippen LogP contribution in [0, 0.1) is 0 Å². The fourth-order valence-electron chi connectivity index (χ4n) is 2.78. The summed E-state index contributed by atoms with van der Waals surface area (Å²) < 4.78 is 0. The number of carbonyl (C=O) groups excluding carboxylic acids is 1. The van der Waals surface area contributed by atoms with E-state index in [-0.39, 0.29) is 28.1 Å². The highest BCUT2D eigenvalue weighted by Gasteiger charge is 2.21. The summed E-state index contributed by atoms with van der Waals surface area (Å²) in [7, 11) is 1.38. The summed E-state index contributed by atoms with van der Waals surface area (Å²) >= 11 is 0. The average Bonchev–Trinajstić information content (AvgIpc) is 2.67. The van der Waals surface area contributed by atoms with E-state index in [1.54, 1.807) is 30.3 Å². The Morgan fingerprint density at radius 3 is 2.04 bits per heavy atom. The van der Waals surface area contributed by atoms with Crippen molar-refractivity contribution in [2.24, 2.45) is 0 Å². The lowest BCUT2D eigenvalue weighted by atomic mass is 10.0. The molecule has 27 heavy (non-hydrogen) atoms. The number of phenolic OH excluding ortho intramolecular Hbond substituents is 1. The number of fused-ring (bicyclic) bond motifs is 1. The van der Waals surface area contributed by atoms with Crippen molar-refractivity contribution in [1.29, 1.82) is 0 Å². The number of anilines is 1. The van der Waals surface area contributed by atoms with Crippen LogP contribution < -0.4 is 4.90 Å². The molecular formula is C20H15NO6. The number of carbonyl (C=O) groups is 3. The van der Waals surface area contributed by atoms with Gasteiger partial charge in [0, 0.05) is 18.1 Å². The van der Waals surface area contributed by atoms with Gasteiger partial charge in [-0.05, 0) is 29.7 Å². The molecule has 136 valence electrons. The van der Waals surface area contributed by atoms with Crippen molar-refractivity contribution < 1.29 is 29.7 Å². The Hall–Kier alpha value is -3.87. The molecule has 7 heteroatoms. The number of aromatic carboxylic acids is 2. The van der Waals surface area contributed by atoms with Crippen LogP contribution in [0.4, 0.5) is 5.69 Å². The maximum atomic E-state index is 12.8. The number of nitrogens with zero attached hydrogens (tertiary/aromatic N) is 1. The number of aromatic hydroxyl groups is 1. The van der Waals surface area contributed by atoms with E-state index in [1.165, 1.54) is 25.2 Å². The number of amides is 1. The van der Waals surface area contributed by atoms with Gasteiger partial charge >= 0.3 is 11.9 Å². The number of carboxylic acids is 2. The molecule has 0 saturated heterocycles. The lowest BCUT2D eigenvalue weighted by Gasteiger charge is -2.19. The van der Waals surface area contributed by atoms with Crippen molar-refractivity contribution >= 4 is 34.3 Å². The van der Waals surface area contributed by atoms with Gasteiger partial charge in [-0.3, -0.25) is 4.79 Å². The predicted molar refractivity (Wildman–Crippen MR) is 98.7 cm³/mol. The van der Waals surface area contributed by atoms with Crippen molar-refractivity contribution in [3.63, 3.8) is 0 Å². The third-order valence-electron chi connectivity index (χ3n) is 4.23. The number of benzene rings is 3. The molecule has 3 N–H and O–H groups in total. The SMILES string of the molecule is CN(C(=O)c1ccc2ccccc2c1O)c1cc(C(=O)O)cc(C(=O)O)c1. The van der Waals surface area contributed by atoms with Crippen molar-refractivity contribution in [2.45, 2.75) is 0 Å². The molecule has 0 saturated carbocycles. The van der Waals surface area contributed by atoms with Gasteiger partial charge in [0.2, 0.25) is 0 Å². The van der Waals surface area contributed by atoms with Crippen LogP contribution in [0.3, 0.4) is 0 Å². The molecule has 0 unspecified atom stereocenters. The molecule has 7 nitrogen and oxygen atoms in total. The molecular weight excluding hydrogens is 350 g/mol. The molecule has 0 spiro atoms. The zero-order chi connectivity index (χ0) is 19.7. The van der Waals surface area contributed by atoms with E-state index in [0.29, 0.717) is 5.39 Å². The maximum Gasteiger partial charge on any atom is 0.335 e. The van der Waals surface area contributed by atoms with Crippen molar-refractivity contribution in [2.75, 3.05) is 11.9 Å². The summed E-state index contributed by atoms with van der Waals surface area (Å²) in [5.74, 6) is -3.42. The second kappa shape index (κ2) is 6.80. The second-order valence-corrected chi connectivity index (χ2v) is 5.93. The highest BCUT2D eigenvalue weighted by atomic mass is 16.4. The Labute approximate surface area is 153 Å². The zero-order valence-corrected chi connectivity index (χ0v) is 14.2. The third-order valence-corrected chi connectivity index (χ3v) is 4.23. The summed E-state index contributed by atoms with van der Waals surface area (Å²) in [6.07, 6.45) is 0. The summed E-state index contributed by atoms with van der Waals surface area (Å²) in [5, 5.41) is 30.1. The molecule has 0 aromatic heterocycles. The number of hydrogen-bond donors (Lipinski definition) is 3. The van der Waals surface area contributed by atoms with E-state index in [4.69, 9.17) is 0 Å². The molecule has 1 amide bonds. The van der Waals surface area contributed by atoms with E-state index >= 15 is 0 Å². The largest absolute Gasteiger partial charge is 0.506 e. The molecule has 0 atom stereocenters. The molecule has 3 rings (SSSR count). The summed E-state index contributed by atoms with van der Waals surface area (Å²) in [6, 6.07) is 13.6. The Kier molecular flexibility index (Phi) is 4.51. The quantitative estimate of drug-likeness (QED) is 0.654. The fraction of sp³-hybridized carbons (Fsp3) is 0.0500. The summed E-state index contributed by atoms with van der Waals surface area (Å²) in [6.45, 7) is 0. The molecule has 3 aromatic rings. The van der Waals surface area contributed by atoms with E-state index in [9.17, 15) is 29.7 Å². The third kappa shape index (κ3) is 3.30. The van der Waals surface area contributed by atoms with Crippen LogP contribution in [0.25, 0.3) is 10.8 Å². The minimum Gasteiger partial charge on any atom is -0.506 e. The van der Waals surface area contributed by atoms with E-state index in [2.05, 4.69) is 0 Å². The molecule has 3 aromatic carbocycles. The van der Waals surface area contributed by atoms with Gasteiger partial charge in [-0.15, -0.1) is 0 Å². The Balaban J connectivity index is 2.07. The first-order valence-corrected chi connectivity index (χ1v) is 7.90. The monoisotopic (exact) mass is 365 g/mol. The van der Waals surface area contributed by atoms with Crippen LogP contribution in [0.5, 0.6) is 5.75 Å². The molecule has 0 heterocycles. The van der Waals surface area contributed by atoms with Crippen LogP contribution >= 0.6 is 0 Å². The Morgan fingerprint density at radius 1 is 0.852 bits per heavy atom. The van der Waals surface area contributed by atoms with Gasteiger partial charge in [0.05, 0.1) is 16.7 Å². The fourth-order valence-corrected chi connectivity index (χ4v) is 2.78. The van der Waals surface area contributed by atoms with Crippen LogP contribution in [-0.2, 0) is 0 Å². The van der Waals surface area contributed by atoms with E-state index < -0.39 is 17.8 Å². The van der Waals surface area contributed by atoms with E-state index in [1.807, 2.05) is 0 Å². The maximum absolute atomic E-state index is 12.8. The summed E-state index contributed by atoms with van der Waals surface area (Å²) in [4.78, 5) is 36.5. The lowest BCUT2D eigenvalue weighted by molar-refractivity contribution is 0.0696. The normalized spacial score (nSPS) is 10.6. The van der Waals surface area contributed by atoms with Gasteiger partial charge in [-0.1, -0.05) is 30.3 Å². The standard InChI is InChI=1S/C20H15NO6/c1-21(14-9-12(19(24)25)8-13(10-14)20(26)27)18(23)16-7-6-11-4-2-3-5-15(11)17(16)22/h2-10,22H,1H3,(H,24,25)(H,26,27). The van der Waals surface area contributed by atoms with Gasteiger partial charge in [-0.25, -0.2) is 9.59 Å². The first kappa shape index (κ1) is 17.9. The number of phenols is 1. The van der Waals surface area contributed by atoms with Gasteiger partial charge in [0.25, 0.3) is 5.91 Å². The second-order valence-electron chi connectivity index (χ2n) is 5.93. The van der Waals surface area contributed by atoms with Crippen LogP contribution in [0.2, 0.25) is 0 Å². The van der Waals surface area contributed by atoms with Crippen LogP contribution in [0.1, 0.15) is 31.1 Å². The minimum atomic E-state index is -1.31. The average molecular weight is 365 g/mol. The molecule has 0 fully saturated rings. The van der Waals surface area contributed by atoms with Crippen molar-refractivity contribution in [3.8, 4) is 5.75 Å². The minimum absolute atomic E-state index is 0.0220. The lowest BCUT2D eigenvalue weighted by Crippen LogP contribution is -2.27. The molecule has 0 radical (unpaired) electrons. The predicted octanol–water partition coefficient (Wildman–Crippen LogP) is 3.22. The van der Waals surface area contributed by atoms with Crippen LogP contribution in [-0.4, -0.2) is 40.2 Å². The molecule has 0 aliphatic carbocycles. The highest BCUT2D eigenvalue weighted by molar-refractivity contribution is 6.11.